The van der Waals surface area contributed by atoms with Gasteiger partial charge in [-0.25, -0.2) is 4.68 Å². The highest BCUT2D eigenvalue weighted by Gasteiger charge is 2.53. The molecule has 0 fully saturated rings. The van der Waals surface area contributed by atoms with Gasteiger partial charge in [-0.2, -0.15) is 5.10 Å². The molecule has 1 aliphatic heterocycles. The Morgan fingerprint density at radius 3 is 2.73 bits per heavy atom. The topological polar surface area (TPSA) is 114 Å². The SMILES string of the molecule is CCOCCN1C(=O)[C@](O)(c2c(C)nn(CCO)c2N)c2ccccc21. The first-order chi connectivity index (χ1) is 12.5. The van der Waals surface area contributed by atoms with Crippen LogP contribution in [0.25, 0.3) is 0 Å². The second-order valence-corrected chi connectivity index (χ2v) is 6.17. The Morgan fingerprint density at radius 1 is 1.31 bits per heavy atom. The predicted octanol–water partition coefficient (Wildman–Crippen LogP) is 0.385. The fourth-order valence-corrected chi connectivity index (χ4v) is 3.51. The van der Waals surface area contributed by atoms with Gasteiger partial charge in [-0.1, -0.05) is 18.2 Å². The number of aromatic nitrogens is 2. The fraction of sp³-hybridized carbons (Fsp3) is 0.444. The molecule has 8 nitrogen and oxygen atoms in total. The van der Waals surface area contributed by atoms with E-state index in [4.69, 9.17) is 10.5 Å². The molecule has 2 aromatic rings. The summed E-state index contributed by atoms with van der Waals surface area (Å²) in [4.78, 5) is 14.7. The Bertz CT molecular complexity index is 820. The minimum Gasteiger partial charge on any atom is -0.394 e. The summed E-state index contributed by atoms with van der Waals surface area (Å²) in [6, 6.07) is 7.10. The normalized spacial score (nSPS) is 19.2. The van der Waals surface area contributed by atoms with Crippen molar-refractivity contribution in [2.45, 2.75) is 26.0 Å². The average molecular weight is 360 g/mol. The maximum absolute atomic E-state index is 13.2. The summed E-state index contributed by atoms with van der Waals surface area (Å²) in [7, 11) is 0. The van der Waals surface area contributed by atoms with Gasteiger partial charge in [0.15, 0.2) is 0 Å². The number of amides is 1. The van der Waals surface area contributed by atoms with Gasteiger partial charge in [0.2, 0.25) is 5.60 Å². The number of hydrogen-bond donors (Lipinski definition) is 3. The Kier molecular flexibility index (Phi) is 4.99. The standard InChI is InChI=1S/C18H24N4O4/c1-3-26-11-9-21-14-7-5-4-6-13(14)18(25,17(21)24)15-12(2)20-22(8-10-23)16(15)19/h4-7,23,25H,3,8-11,19H2,1-2H3/t18-/m1/s1. The van der Waals surface area contributed by atoms with Gasteiger partial charge in [0, 0.05) is 18.7 Å². The van der Waals surface area contributed by atoms with Crippen molar-refractivity contribution in [1.29, 1.82) is 0 Å². The summed E-state index contributed by atoms with van der Waals surface area (Å²) in [5.41, 5.74) is 6.09. The van der Waals surface area contributed by atoms with Gasteiger partial charge >= 0.3 is 0 Å². The van der Waals surface area contributed by atoms with Gasteiger partial charge in [-0.05, 0) is 19.9 Å². The van der Waals surface area contributed by atoms with Gasteiger partial charge in [-0.3, -0.25) is 4.79 Å². The molecule has 0 saturated carbocycles. The van der Waals surface area contributed by atoms with E-state index in [2.05, 4.69) is 5.10 Å². The van der Waals surface area contributed by atoms with Crippen LogP contribution in [0, 0.1) is 6.92 Å². The molecule has 1 aliphatic rings. The molecule has 0 unspecified atom stereocenters. The third kappa shape index (κ3) is 2.66. The van der Waals surface area contributed by atoms with Crippen molar-refractivity contribution in [3.63, 3.8) is 0 Å². The molecular weight excluding hydrogens is 336 g/mol. The maximum atomic E-state index is 13.2. The maximum Gasteiger partial charge on any atom is 0.268 e. The van der Waals surface area contributed by atoms with E-state index in [-0.39, 0.29) is 24.5 Å². The number of nitrogens with zero attached hydrogens (tertiary/aromatic N) is 3. The van der Waals surface area contributed by atoms with Gasteiger partial charge in [-0.15, -0.1) is 0 Å². The molecule has 0 saturated heterocycles. The number of rotatable bonds is 7. The van der Waals surface area contributed by atoms with Crippen molar-refractivity contribution >= 4 is 17.4 Å². The second-order valence-electron chi connectivity index (χ2n) is 6.17. The Hall–Kier alpha value is -2.42. The van der Waals surface area contributed by atoms with Crippen LogP contribution in [0.4, 0.5) is 11.5 Å². The number of benzene rings is 1. The van der Waals surface area contributed by atoms with E-state index in [0.29, 0.717) is 36.7 Å². The summed E-state index contributed by atoms with van der Waals surface area (Å²) in [5, 5.41) is 25.0. The number of fused-ring (bicyclic) bond motifs is 1. The van der Waals surface area contributed by atoms with Crippen molar-refractivity contribution in [2.24, 2.45) is 0 Å². The van der Waals surface area contributed by atoms with Crippen molar-refractivity contribution in [1.82, 2.24) is 9.78 Å². The van der Waals surface area contributed by atoms with Crippen LogP contribution in [0.3, 0.4) is 0 Å². The number of hydrogen-bond acceptors (Lipinski definition) is 6. The molecule has 1 aromatic heterocycles. The molecule has 1 aromatic carbocycles. The zero-order chi connectivity index (χ0) is 18.9. The first-order valence-corrected chi connectivity index (χ1v) is 8.62. The first kappa shape index (κ1) is 18.4. The third-order valence-corrected chi connectivity index (χ3v) is 4.64. The Labute approximate surface area is 151 Å². The lowest BCUT2D eigenvalue weighted by Crippen LogP contribution is -2.43. The quantitative estimate of drug-likeness (QED) is 0.615. The number of aliphatic hydroxyl groups excluding tert-OH is 1. The number of nitrogen functional groups attached to an aromatic ring is 1. The molecule has 8 heteroatoms. The highest BCUT2D eigenvalue weighted by Crippen LogP contribution is 2.46. The zero-order valence-electron chi connectivity index (χ0n) is 15.0. The summed E-state index contributed by atoms with van der Waals surface area (Å²) < 4.78 is 6.78. The van der Waals surface area contributed by atoms with Crippen LogP contribution in [-0.2, 0) is 21.7 Å². The Morgan fingerprint density at radius 2 is 2.04 bits per heavy atom. The van der Waals surface area contributed by atoms with Crippen LogP contribution in [0.1, 0.15) is 23.7 Å². The van der Waals surface area contributed by atoms with E-state index < -0.39 is 11.5 Å². The lowest BCUT2D eigenvalue weighted by molar-refractivity contribution is -0.132. The average Bonchev–Trinajstić information content (AvgIpc) is 3.02. The highest BCUT2D eigenvalue weighted by molar-refractivity contribution is 6.09. The predicted molar refractivity (Wildman–Crippen MR) is 96.7 cm³/mol. The van der Waals surface area contributed by atoms with Crippen molar-refractivity contribution in [3.05, 3.63) is 41.1 Å². The number of aliphatic hydroxyl groups is 2. The fourth-order valence-electron chi connectivity index (χ4n) is 3.51. The van der Waals surface area contributed by atoms with E-state index in [0.717, 1.165) is 0 Å². The lowest BCUT2D eigenvalue weighted by Gasteiger charge is -2.24. The van der Waals surface area contributed by atoms with Gasteiger partial charge in [0.1, 0.15) is 5.82 Å². The molecule has 26 heavy (non-hydrogen) atoms. The molecule has 0 bridgehead atoms. The lowest BCUT2D eigenvalue weighted by atomic mass is 9.87. The monoisotopic (exact) mass is 360 g/mol. The Balaban J connectivity index is 2.11. The van der Waals surface area contributed by atoms with E-state index in [1.54, 1.807) is 25.1 Å². The van der Waals surface area contributed by atoms with E-state index in [9.17, 15) is 15.0 Å². The van der Waals surface area contributed by atoms with Crippen LogP contribution >= 0.6 is 0 Å². The minimum atomic E-state index is -1.91. The molecule has 3 rings (SSSR count). The largest absolute Gasteiger partial charge is 0.394 e. The molecule has 140 valence electrons. The van der Waals surface area contributed by atoms with Crippen molar-refractivity contribution in [2.75, 3.05) is 37.0 Å². The van der Waals surface area contributed by atoms with Gasteiger partial charge in [0.25, 0.3) is 5.91 Å². The van der Waals surface area contributed by atoms with Crippen LogP contribution in [-0.4, -0.2) is 52.3 Å². The molecule has 1 amide bonds. The van der Waals surface area contributed by atoms with Crippen LogP contribution in [0.2, 0.25) is 0 Å². The summed E-state index contributed by atoms with van der Waals surface area (Å²) >= 11 is 0. The number of carbonyl (C=O) groups excluding carboxylic acids is 1. The summed E-state index contributed by atoms with van der Waals surface area (Å²) in [6.45, 7) is 4.86. The number of para-hydroxylation sites is 1. The molecule has 0 aliphatic carbocycles. The van der Waals surface area contributed by atoms with Crippen molar-refractivity contribution < 1.29 is 19.7 Å². The molecule has 4 N–H and O–H groups in total. The smallest absolute Gasteiger partial charge is 0.268 e. The third-order valence-electron chi connectivity index (χ3n) is 4.64. The zero-order valence-corrected chi connectivity index (χ0v) is 15.0. The van der Waals surface area contributed by atoms with E-state index in [1.165, 1.54) is 9.58 Å². The summed E-state index contributed by atoms with van der Waals surface area (Å²) in [5.74, 6) is -0.300. The number of anilines is 2. The summed E-state index contributed by atoms with van der Waals surface area (Å²) in [6.07, 6.45) is 0. The number of aryl methyl sites for hydroxylation is 1. The molecule has 0 radical (unpaired) electrons. The molecule has 1 atom stereocenters. The first-order valence-electron chi connectivity index (χ1n) is 8.62. The second kappa shape index (κ2) is 7.06. The van der Waals surface area contributed by atoms with Crippen LogP contribution in [0.5, 0.6) is 0 Å². The number of ether oxygens (including phenoxy) is 1. The highest BCUT2D eigenvalue weighted by atomic mass is 16.5. The minimum absolute atomic E-state index is 0.145. The number of nitrogens with two attached hydrogens (primary N) is 1. The van der Waals surface area contributed by atoms with E-state index >= 15 is 0 Å². The molecular formula is C18H24N4O4. The van der Waals surface area contributed by atoms with E-state index in [1.807, 2.05) is 13.0 Å². The molecule has 2 heterocycles. The molecule has 0 spiro atoms. The van der Waals surface area contributed by atoms with Crippen molar-refractivity contribution in [3.8, 4) is 0 Å². The van der Waals surface area contributed by atoms with Gasteiger partial charge in [0.05, 0.1) is 36.7 Å². The van der Waals surface area contributed by atoms with Crippen LogP contribution < -0.4 is 10.6 Å². The van der Waals surface area contributed by atoms with Crippen LogP contribution in [0.15, 0.2) is 24.3 Å². The van der Waals surface area contributed by atoms with Gasteiger partial charge < -0.3 is 25.6 Å². The number of carbonyl (C=O) groups is 1.